The molecule has 6 atom stereocenters. The Balaban J connectivity index is 2.05. The number of esters is 1. The smallest absolute Gasteiger partial charge is 0.309 e. The second kappa shape index (κ2) is 7.30. The molecule has 1 aromatic heterocycles. The molecular weight excluding hydrogens is 360 g/mol. The van der Waals surface area contributed by atoms with Crippen molar-refractivity contribution in [2.45, 2.75) is 64.6 Å². The number of methoxy groups -OCH3 is 2. The molecule has 2 aliphatic carbocycles. The molecule has 0 bridgehead atoms. The van der Waals surface area contributed by atoms with Gasteiger partial charge in [-0.3, -0.25) is 9.59 Å². The molecule has 6 nitrogen and oxygen atoms in total. The Hall–Kier alpha value is -1.66. The van der Waals surface area contributed by atoms with Gasteiger partial charge in [0.2, 0.25) is 0 Å². The van der Waals surface area contributed by atoms with Crippen LogP contribution in [0.15, 0.2) is 23.0 Å². The largest absolute Gasteiger partial charge is 0.472 e. The number of carbonyl (C=O) groups excluding carboxylic acids is 2. The molecule has 0 amide bonds. The van der Waals surface area contributed by atoms with Crippen LogP contribution < -0.4 is 0 Å². The van der Waals surface area contributed by atoms with Gasteiger partial charge in [0.05, 0.1) is 36.6 Å². The first-order chi connectivity index (χ1) is 13.1. The number of carbonyl (C=O) groups is 2. The minimum Gasteiger partial charge on any atom is -0.472 e. The first-order valence-corrected chi connectivity index (χ1v) is 10.0. The van der Waals surface area contributed by atoms with Crippen LogP contribution in [0.2, 0.25) is 0 Å². The predicted octanol–water partition coefficient (Wildman–Crippen LogP) is 3.62. The van der Waals surface area contributed by atoms with E-state index in [2.05, 4.69) is 6.92 Å². The Morgan fingerprint density at radius 3 is 2.50 bits per heavy atom. The first kappa shape index (κ1) is 21.1. The molecule has 1 N–H and O–H groups in total. The Morgan fingerprint density at radius 2 is 1.93 bits per heavy atom. The number of ketones is 1. The lowest BCUT2D eigenvalue weighted by Crippen LogP contribution is -2.66. The van der Waals surface area contributed by atoms with Crippen molar-refractivity contribution >= 4 is 11.8 Å². The topological polar surface area (TPSA) is 86.0 Å². The van der Waals surface area contributed by atoms with Crippen molar-refractivity contribution in [3.63, 3.8) is 0 Å². The number of ether oxygens (including phenoxy) is 2. The van der Waals surface area contributed by atoms with E-state index in [1.54, 1.807) is 13.2 Å². The molecule has 1 heterocycles. The number of hydrogen-bond donors (Lipinski definition) is 1. The molecule has 0 aromatic carbocycles. The number of fused-ring (bicyclic) bond motifs is 1. The van der Waals surface area contributed by atoms with E-state index in [4.69, 9.17) is 13.9 Å². The van der Waals surface area contributed by atoms with Crippen LogP contribution in [0.1, 0.15) is 63.2 Å². The van der Waals surface area contributed by atoms with Crippen molar-refractivity contribution < 1.29 is 28.6 Å². The fourth-order valence-corrected chi connectivity index (χ4v) is 6.16. The molecule has 0 aliphatic heterocycles. The second-order valence-electron chi connectivity index (χ2n) is 9.11. The highest BCUT2D eigenvalue weighted by Gasteiger charge is 2.65. The minimum atomic E-state index is -0.739. The zero-order chi connectivity index (χ0) is 20.7. The Labute approximate surface area is 166 Å². The summed E-state index contributed by atoms with van der Waals surface area (Å²) in [6, 6.07) is 1.66. The number of furan rings is 1. The summed E-state index contributed by atoms with van der Waals surface area (Å²) in [7, 11) is 3.04. The number of hydrogen-bond acceptors (Lipinski definition) is 6. The van der Waals surface area contributed by atoms with E-state index < -0.39 is 17.1 Å². The summed E-state index contributed by atoms with van der Waals surface area (Å²) in [5.74, 6) is -0.653. The van der Waals surface area contributed by atoms with Crippen LogP contribution in [0.3, 0.4) is 0 Å². The van der Waals surface area contributed by atoms with Gasteiger partial charge >= 0.3 is 5.97 Å². The van der Waals surface area contributed by atoms with Crippen LogP contribution >= 0.6 is 0 Å². The van der Waals surface area contributed by atoms with Gasteiger partial charge in [-0.25, -0.2) is 0 Å². The van der Waals surface area contributed by atoms with Gasteiger partial charge in [-0.1, -0.05) is 13.8 Å². The quantitative estimate of drug-likeness (QED) is 0.608. The maximum atomic E-state index is 13.0. The van der Waals surface area contributed by atoms with Crippen molar-refractivity contribution in [3.05, 3.63) is 24.2 Å². The van der Waals surface area contributed by atoms with Gasteiger partial charge in [-0.2, -0.15) is 0 Å². The van der Waals surface area contributed by atoms with E-state index in [0.29, 0.717) is 18.4 Å². The minimum absolute atomic E-state index is 0.0297. The van der Waals surface area contributed by atoms with E-state index in [1.807, 2.05) is 13.8 Å². The molecule has 0 saturated heterocycles. The molecule has 156 valence electrons. The molecule has 1 aromatic rings. The molecular formula is C22H32O6. The van der Waals surface area contributed by atoms with Crippen LogP contribution in [-0.4, -0.2) is 42.8 Å². The van der Waals surface area contributed by atoms with Crippen molar-refractivity contribution in [1.82, 2.24) is 0 Å². The lowest BCUT2D eigenvalue weighted by molar-refractivity contribution is -0.247. The highest BCUT2D eigenvalue weighted by molar-refractivity contribution is 5.96. The van der Waals surface area contributed by atoms with Crippen LogP contribution in [0, 0.1) is 22.7 Å². The normalized spacial score (nSPS) is 40.6. The van der Waals surface area contributed by atoms with Crippen molar-refractivity contribution in [3.8, 4) is 0 Å². The summed E-state index contributed by atoms with van der Waals surface area (Å²) in [5.41, 5.74) is -1.19. The predicted molar refractivity (Wildman–Crippen MR) is 103 cm³/mol. The number of aliphatic hydroxyl groups is 1. The van der Waals surface area contributed by atoms with Gasteiger partial charge in [-0.15, -0.1) is 0 Å². The molecule has 3 rings (SSSR count). The van der Waals surface area contributed by atoms with E-state index in [-0.39, 0.29) is 35.4 Å². The average molecular weight is 392 g/mol. The third-order valence-corrected chi connectivity index (χ3v) is 8.11. The second-order valence-corrected chi connectivity index (χ2v) is 9.11. The Morgan fingerprint density at radius 1 is 1.21 bits per heavy atom. The number of Topliss-reactive ketones (excluding diaryl/α,β-unsaturated/α-hetero) is 1. The Bertz CT molecular complexity index is 727. The van der Waals surface area contributed by atoms with Gasteiger partial charge in [0.15, 0.2) is 5.78 Å². The first-order valence-electron chi connectivity index (χ1n) is 10.0. The van der Waals surface area contributed by atoms with Crippen molar-refractivity contribution in [2.24, 2.45) is 22.7 Å². The van der Waals surface area contributed by atoms with E-state index in [1.165, 1.54) is 19.6 Å². The fraction of sp³-hybridized carbons (Fsp3) is 0.727. The number of aliphatic hydroxyl groups excluding tert-OH is 1. The third-order valence-electron chi connectivity index (χ3n) is 8.11. The summed E-state index contributed by atoms with van der Waals surface area (Å²) >= 11 is 0. The molecule has 2 fully saturated rings. The summed E-state index contributed by atoms with van der Waals surface area (Å²) in [4.78, 5) is 25.7. The van der Waals surface area contributed by atoms with Crippen LogP contribution in [0.5, 0.6) is 0 Å². The van der Waals surface area contributed by atoms with Crippen LogP contribution in [0.4, 0.5) is 0 Å². The van der Waals surface area contributed by atoms with Gasteiger partial charge < -0.3 is 19.0 Å². The van der Waals surface area contributed by atoms with Crippen LogP contribution in [0.25, 0.3) is 0 Å². The molecule has 0 spiro atoms. The van der Waals surface area contributed by atoms with Crippen molar-refractivity contribution in [2.75, 3.05) is 14.2 Å². The molecule has 6 heteroatoms. The van der Waals surface area contributed by atoms with Gasteiger partial charge in [0.25, 0.3) is 0 Å². The summed E-state index contributed by atoms with van der Waals surface area (Å²) in [6.07, 6.45) is 5.22. The Kier molecular flexibility index (Phi) is 5.49. The highest BCUT2D eigenvalue weighted by Crippen LogP contribution is 2.65. The van der Waals surface area contributed by atoms with E-state index in [9.17, 15) is 14.7 Å². The summed E-state index contributed by atoms with van der Waals surface area (Å²) < 4.78 is 16.1. The SMILES string of the molecule is COC(=O)[C@@H]1CC[C@]2(C)[C@H](CC[C@@H](O)[C@]2(C)OC)[C@@]1(C)CC(=O)c1ccoc1. The zero-order valence-corrected chi connectivity index (χ0v) is 17.5. The summed E-state index contributed by atoms with van der Waals surface area (Å²) in [6.45, 7) is 6.13. The van der Waals surface area contributed by atoms with Gasteiger partial charge in [-0.05, 0) is 50.0 Å². The zero-order valence-electron chi connectivity index (χ0n) is 17.5. The average Bonchev–Trinajstić information content (AvgIpc) is 3.20. The van der Waals surface area contributed by atoms with E-state index in [0.717, 1.165) is 12.8 Å². The number of rotatable bonds is 5. The maximum absolute atomic E-state index is 13.0. The molecule has 28 heavy (non-hydrogen) atoms. The third kappa shape index (κ3) is 2.92. The fourth-order valence-electron chi connectivity index (χ4n) is 6.16. The van der Waals surface area contributed by atoms with Crippen LogP contribution in [-0.2, 0) is 14.3 Å². The standard InChI is InChI=1S/C22H32O6/c1-20(12-16(23)14-9-11-28-13-14)15(19(25)26-4)8-10-21(2)17(20)6-7-18(24)22(21,3)27-5/h9,11,13,15,17-18,24H,6-8,10,12H2,1-5H3/t15-,17+,18+,20-,21+,22-/m0/s1. The van der Waals surface area contributed by atoms with Gasteiger partial charge in [0, 0.05) is 18.9 Å². The monoisotopic (exact) mass is 392 g/mol. The van der Waals surface area contributed by atoms with E-state index >= 15 is 0 Å². The molecule has 2 saturated carbocycles. The molecule has 0 radical (unpaired) electrons. The molecule has 2 aliphatic rings. The summed E-state index contributed by atoms with van der Waals surface area (Å²) in [5, 5.41) is 10.8. The highest BCUT2D eigenvalue weighted by atomic mass is 16.5. The van der Waals surface area contributed by atoms with Crippen molar-refractivity contribution in [1.29, 1.82) is 0 Å². The maximum Gasteiger partial charge on any atom is 0.309 e. The lowest BCUT2D eigenvalue weighted by Gasteiger charge is -2.64. The molecule has 0 unspecified atom stereocenters. The lowest BCUT2D eigenvalue weighted by atomic mass is 9.42. The van der Waals surface area contributed by atoms with Gasteiger partial charge in [0.1, 0.15) is 6.26 Å².